The molecule has 0 fully saturated rings. The number of nitrogens with one attached hydrogen (secondary N) is 1. The summed E-state index contributed by atoms with van der Waals surface area (Å²) in [6.45, 7) is 0. The van der Waals surface area contributed by atoms with Crippen LogP contribution in [0.5, 0.6) is 5.75 Å². The Bertz CT molecular complexity index is 1240. The number of rotatable bonds is 5. The van der Waals surface area contributed by atoms with Crippen molar-refractivity contribution in [2.24, 2.45) is 0 Å². The fourth-order valence-corrected chi connectivity index (χ4v) is 3.87. The minimum atomic E-state index is -4.82. The molecule has 1 aliphatic rings. The molecule has 0 unspecified atom stereocenters. The van der Waals surface area contributed by atoms with Gasteiger partial charge < -0.3 is 10.1 Å². The average Bonchev–Trinajstić information content (AvgIpc) is 3.35. The van der Waals surface area contributed by atoms with Crippen LogP contribution in [0.15, 0.2) is 71.7 Å². The normalized spacial score (nSPS) is 14.0. The first-order valence-corrected chi connectivity index (χ1v) is 9.95. The summed E-state index contributed by atoms with van der Waals surface area (Å²) >= 11 is 1.27. The average molecular weight is 455 g/mol. The molecule has 160 valence electrons. The second kappa shape index (κ2) is 8.20. The van der Waals surface area contributed by atoms with Crippen LogP contribution in [0.4, 0.5) is 24.5 Å². The third-order valence-corrected chi connectivity index (χ3v) is 5.35. The highest BCUT2D eigenvalue weighted by Crippen LogP contribution is 2.36. The summed E-state index contributed by atoms with van der Waals surface area (Å²) in [7, 11) is 0. The molecule has 2 aromatic carbocycles. The van der Waals surface area contributed by atoms with E-state index in [0.29, 0.717) is 21.8 Å². The summed E-state index contributed by atoms with van der Waals surface area (Å²) < 4.78 is 41.0. The van der Waals surface area contributed by atoms with Crippen LogP contribution in [0.2, 0.25) is 0 Å². The molecule has 2 amide bonds. The van der Waals surface area contributed by atoms with Crippen molar-refractivity contribution in [2.75, 3.05) is 10.2 Å². The summed E-state index contributed by atoms with van der Waals surface area (Å²) in [6, 6.07) is 16.2. The molecule has 2 heterocycles. The maximum Gasteiger partial charge on any atom is 0.573 e. The quantitative estimate of drug-likeness (QED) is 0.553. The highest BCUT2D eigenvalue weighted by atomic mass is 32.1. The van der Waals surface area contributed by atoms with Crippen LogP contribution in [-0.4, -0.2) is 18.2 Å². The van der Waals surface area contributed by atoms with Crippen LogP contribution >= 0.6 is 11.3 Å². The first-order valence-electron chi connectivity index (χ1n) is 9.07. The van der Waals surface area contributed by atoms with E-state index in [2.05, 4.69) is 10.1 Å². The molecule has 32 heavy (non-hydrogen) atoms. The molecule has 3 aromatic rings. The standard InChI is InChI=1S/C22H12F3N3O3S/c23-22(24,25)31-16-9-5-14(6-10-16)27-19-18(17-2-1-11-32-17)20(29)28(21(19)30)15-7-3-13(12-26)4-8-15/h1-11,27H. The number of nitriles is 1. The van der Waals surface area contributed by atoms with Crippen LogP contribution in [-0.2, 0) is 9.59 Å². The van der Waals surface area contributed by atoms with Gasteiger partial charge in [-0.25, -0.2) is 4.90 Å². The second-order valence-corrected chi connectivity index (χ2v) is 7.48. The van der Waals surface area contributed by atoms with Crippen molar-refractivity contribution in [1.29, 1.82) is 5.26 Å². The molecular weight excluding hydrogens is 443 g/mol. The minimum Gasteiger partial charge on any atom is -0.406 e. The van der Waals surface area contributed by atoms with E-state index in [1.54, 1.807) is 17.5 Å². The molecule has 6 nitrogen and oxygen atoms in total. The molecule has 1 aliphatic heterocycles. The smallest absolute Gasteiger partial charge is 0.406 e. The molecule has 0 radical (unpaired) electrons. The van der Waals surface area contributed by atoms with Gasteiger partial charge in [0.2, 0.25) is 0 Å². The molecule has 0 atom stereocenters. The second-order valence-electron chi connectivity index (χ2n) is 6.53. The van der Waals surface area contributed by atoms with Crippen molar-refractivity contribution >= 4 is 40.1 Å². The Kier molecular flexibility index (Phi) is 5.42. The topological polar surface area (TPSA) is 82.4 Å². The lowest BCUT2D eigenvalue weighted by molar-refractivity contribution is -0.274. The zero-order chi connectivity index (χ0) is 22.9. The predicted octanol–water partition coefficient (Wildman–Crippen LogP) is 4.91. The number of ether oxygens (including phenoxy) is 1. The summed E-state index contributed by atoms with van der Waals surface area (Å²) in [6.07, 6.45) is -4.82. The Morgan fingerprint density at radius 1 is 0.969 bits per heavy atom. The third-order valence-electron chi connectivity index (χ3n) is 4.46. The van der Waals surface area contributed by atoms with Gasteiger partial charge in [0.1, 0.15) is 11.4 Å². The Morgan fingerprint density at radius 3 is 2.22 bits per heavy atom. The number of nitrogens with zero attached hydrogens (tertiary/aromatic N) is 2. The van der Waals surface area contributed by atoms with Crippen LogP contribution < -0.4 is 15.0 Å². The van der Waals surface area contributed by atoms with E-state index in [-0.39, 0.29) is 11.3 Å². The summed E-state index contributed by atoms with van der Waals surface area (Å²) in [5, 5.41) is 13.6. The number of benzene rings is 2. The number of thiophene rings is 1. The zero-order valence-electron chi connectivity index (χ0n) is 16.0. The van der Waals surface area contributed by atoms with E-state index in [0.717, 1.165) is 17.0 Å². The SMILES string of the molecule is N#Cc1ccc(N2C(=O)C(Nc3ccc(OC(F)(F)F)cc3)=C(c3cccs3)C2=O)cc1. The van der Waals surface area contributed by atoms with Gasteiger partial charge in [-0.05, 0) is 60.0 Å². The summed E-state index contributed by atoms with van der Waals surface area (Å²) in [4.78, 5) is 27.9. The number of alkyl halides is 3. The Hall–Kier alpha value is -4.10. The molecule has 0 spiro atoms. The fourth-order valence-electron chi connectivity index (χ4n) is 3.10. The van der Waals surface area contributed by atoms with E-state index in [9.17, 15) is 22.8 Å². The van der Waals surface area contributed by atoms with Gasteiger partial charge >= 0.3 is 6.36 Å². The lowest BCUT2D eigenvalue weighted by Crippen LogP contribution is -2.32. The Labute approximate surface area is 183 Å². The van der Waals surface area contributed by atoms with E-state index in [1.807, 2.05) is 6.07 Å². The highest BCUT2D eigenvalue weighted by molar-refractivity contribution is 7.11. The van der Waals surface area contributed by atoms with Crippen LogP contribution in [0.1, 0.15) is 10.4 Å². The fraction of sp³-hybridized carbons (Fsp3) is 0.0455. The van der Waals surface area contributed by atoms with Crippen molar-refractivity contribution in [3.05, 3.63) is 82.2 Å². The van der Waals surface area contributed by atoms with E-state index in [4.69, 9.17) is 5.26 Å². The van der Waals surface area contributed by atoms with E-state index >= 15 is 0 Å². The minimum absolute atomic E-state index is 0.00806. The zero-order valence-corrected chi connectivity index (χ0v) is 16.8. The molecule has 1 aromatic heterocycles. The first-order chi connectivity index (χ1) is 15.3. The van der Waals surface area contributed by atoms with Gasteiger partial charge in [-0.1, -0.05) is 6.07 Å². The van der Waals surface area contributed by atoms with Crippen molar-refractivity contribution in [1.82, 2.24) is 0 Å². The van der Waals surface area contributed by atoms with Crippen molar-refractivity contribution in [3.8, 4) is 11.8 Å². The summed E-state index contributed by atoms with van der Waals surface area (Å²) in [5.41, 5.74) is 1.10. The number of amides is 2. The van der Waals surface area contributed by atoms with Crippen molar-refractivity contribution in [2.45, 2.75) is 6.36 Å². The maximum absolute atomic E-state index is 13.2. The Morgan fingerprint density at radius 2 is 1.66 bits per heavy atom. The van der Waals surface area contributed by atoms with Crippen LogP contribution in [0.3, 0.4) is 0 Å². The van der Waals surface area contributed by atoms with Crippen LogP contribution in [0, 0.1) is 11.3 Å². The van der Waals surface area contributed by atoms with Gasteiger partial charge in [0.15, 0.2) is 0 Å². The lowest BCUT2D eigenvalue weighted by atomic mass is 10.1. The van der Waals surface area contributed by atoms with Gasteiger partial charge in [-0.3, -0.25) is 9.59 Å². The molecular formula is C22H12F3N3O3S. The first kappa shape index (κ1) is 21.1. The molecule has 1 N–H and O–H groups in total. The number of hydrogen-bond donors (Lipinski definition) is 1. The van der Waals surface area contributed by atoms with Gasteiger partial charge in [0, 0.05) is 10.6 Å². The monoisotopic (exact) mass is 455 g/mol. The van der Waals surface area contributed by atoms with Gasteiger partial charge in [0.05, 0.1) is 22.9 Å². The molecule has 0 saturated heterocycles. The Balaban J connectivity index is 1.68. The maximum atomic E-state index is 13.2. The highest BCUT2D eigenvalue weighted by Gasteiger charge is 2.40. The van der Waals surface area contributed by atoms with E-state index < -0.39 is 23.9 Å². The number of halogens is 3. The molecule has 10 heteroatoms. The van der Waals surface area contributed by atoms with E-state index in [1.165, 1.54) is 47.7 Å². The third kappa shape index (κ3) is 4.19. The van der Waals surface area contributed by atoms with Gasteiger partial charge in [-0.2, -0.15) is 5.26 Å². The van der Waals surface area contributed by atoms with Crippen LogP contribution in [0.25, 0.3) is 5.57 Å². The largest absolute Gasteiger partial charge is 0.573 e. The van der Waals surface area contributed by atoms with Crippen molar-refractivity contribution in [3.63, 3.8) is 0 Å². The lowest BCUT2D eigenvalue weighted by Gasteiger charge is -2.15. The summed E-state index contributed by atoms with van der Waals surface area (Å²) in [5.74, 6) is -1.59. The molecule has 0 saturated carbocycles. The number of imide groups is 1. The predicted molar refractivity (Wildman–Crippen MR) is 112 cm³/mol. The molecule has 0 aliphatic carbocycles. The van der Waals surface area contributed by atoms with Gasteiger partial charge in [-0.15, -0.1) is 24.5 Å². The number of carbonyl (C=O) groups is 2. The molecule has 4 rings (SSSR count). The number of hydrogen-bond acceptors (Lipinski definition) is 6. The van der Waals surface area contributed by atoms with Crippen molar-refractivity contribution < 1.29 is 27.5 Å². The number of anilines is 2. The number of carbonyl (C=O) groups excluding carboxylic acids is 2. The molecule has 0 bridgehead atoms. The van der Waals surface area contributed by atoms with Gasteiger partial charge in [0.25, 0.3) is 11.8 Å².